The van der Waals surface area contributed by atoms with Crippen LogP contribution in [0.25, 0.3) is 23.3 Å². The maximum atomic E-state index is 2.30. The van der Waals surface area contributed by atoms with Crippen molar-refractivity contribution < 1.29 is 0 Å². The number of anilines is 6. The zero-order valence-corrected chi connectivity index (χ0v) is 27.6. The molecule has 0 aliphatic rings. The van der Waals surface area contributed by atoms with E-state index in [2.05, 4.69) is 223 Å². The first-order valence-corrected chi connectivity index (χ1v) is 16.7. The number of hydrogen-bond acceptors (Lipinski definition) is 2. The van der Waals surface area contributed by atoms with Gasteiger partial charge in [0.25, 0.3) is 0 Å². The molecule has 7 aromatic rings. The second kappa shape index (κ2) is 15.0. The van der Waals surface area contributed by atoms with Crippen molar-refractivity contribution in [2.24, 2.45) is 0 Å². The third-order valence-electron chi connectivity index (χ3n) is 8.54. The van der Waals surface area contributed by atoms with Crippen molar-refractivity contribution in [1.82, 2.24) is 0 Å². The van der Waals surface area contributed by atoms with E-state index in [4.69, 9.17) is 0 Å². The molecule has 0 heterocycles. The van der Waals surface area contributed by atoms with Gasteiger partial charge in [0.1, 0.15) is 0 Å². The highest BCUT2D eigenvalue weighted by Crippen LogP contribution is 2.38. The Balaban J connectivity index is 1.12. The number of allylic oxidation sites excluding steroid dienone is 2. The molecule has 0 aromatic heterocycles. The Morgan fingerprint density at radius 3 is 1.02 bits per heavy atom. The number of para-hydroxylation sites is 2. The lowest BCUT2D eigenvalue weighted by Gasteiger charge is -2.26. The van der Waals surface area contributed by atoms with Crippen LogP contribution in [-0.2, 0) is 0 Å². The second-order valence-corrected chi connectivity index (χ2v) is 12.0. The SMILES string of the molecule is Cc1ccc(N(c2ccccc2)c2ccc(-c3ccc(N(c4ccccc4)c4ccc(C=CC=Cc5ccccc5)cc4)cc3)cc2)cc1. The molecule has 0 radical (unpaired) electrons. The van der Waals surface area contributed by atoms with Crippen molar-refractivity contribution >= 4 is 46.3 Å². The molecule has 0 aliphatic heterocycles. The molecule has 7 aromatic carbocycles. The Hall–Kier alpha value is -6.38. The molecule has 0 unspecified atom stereocenters. The molecule has 0 atom stereocenters. The lowest BCUT2D eigenvalue weighted by Crippen LogP contribution is -2.10. The van der Waals surface area contributed by atoms with E-state index in [1.165, 1.54) is 22.3 Å². The summed E-state index contributed by atoms with van der Waals surface area (Å²) in [6.07, 6.45) is 8.42. The fourth-order valence-corrected chi connectivity index (χ4v) is 5.98. The standard InChI is InChI=1S/C47H38N2/c1-37-21-29-44(30-22-37)48(42-17-7-3-8-18-42)46-33-25-40(26-34-46)41-27-35-47(36-28-41)49(43-19-9-4-10-20-43)45-31-23-39(24-32-45)16-12-11-15-38-13-5-2-6-14-38/h2-36H,1H3. The van der Waals surface area contributed by atoms with Gasteiger partial charge in [-0.25, -0.2) is 0 Å². The van der Waals surface area contributed by atoms with E-state index in [0.717, 1.165) is 39.7 Å². The molecule has 0 fully saturated rings. The molecular formula is C47H38N2. The average Bonchev–Trinajstić information content (AvgIpc) is 3.17. The molecule has 0 bridgehead atoms. The summed E-state index contributed by atoms with van der Waals surface area (Å²) < 4.78 is 0. The third-order valence-corrected chi connectivity index (χ3v) is 8.54. The number of rotatable bonds is 10. The summed E-state index contributed by atoms with van der Waals surface area (Å²) in [4.78, 5) is 4.60. The molecule has 0 saturated carbocycles. The number of hydrogen-bond donors (Lipinski definition) is 0. The van der Waals surface area contributed by atoms with Crippen LogP contribution in [0.2, 0.25) is 0 Å². The van der Waals surface area contributed by atoms with Gasteiger partial charge in [-0.15, -0.1) is 0 Å². The smallest absolute Gasteiger partial charge is 0.0462 e. The highest BCUT2D eigenvalue weighted by Gasteiger charge is 2.14. The van der Waals surface area contributed by atoms with E-state index in [0.29, 0.717) is 0 Å². The quantitative estimate of drug-likeness (QED) is 0.139. The molecule has 7 rings (SSSR count). The first-order valence-electron chi connectivity index (χ1n) is 16.7. The first kappa shape index (κ1) is 31.2. The minimum absolute atomic E-state index is 1.11. The lowest BCUT2D eigenvalue weighted by molar-refractivity contribution is 1.27. The Labute approximate surface area is 290 Å². The molecule has 0 N–H and O–H groups in total. The fraction of sp³-hybridized carbons (Fsp3) is 0.0213. The zero-order valence-electron chi connectivity index (χ0n) is 27.6. The fourth-order valence-electron chi connectivity index (χ4n) is 5.98. The van der Waals surface area contributed by atoms with Gasteiger partial charge in [0.2, 0.25) is 0 Å². The van der Waals surface area contributed by atoms with Crippen molar-refractivity contribution in [3.05, 3.63) is 217 Å². The van der Waals surface area contributed by atoms with E-state index in [9.17, 15) is 0 Å². The molecule has 0 aliphatic carbocycles. The van der Waals surface area contributed by atoms with Crippen LogP contribution in [0.15, 0.2) is 200 Å². The van der Waals surface area contributed by atoms with E-state index in [1.807, 2.05) is 6.07 Å². The minimum atomic E-state index is 1.11. The maximum Gasteiger partial charge on any atom is 0.0462 e. The number of nitrogens with zero attached hydrogens (tertiary/aromatic N) is 2. The van der Waals surface area contributed by atoms with Crippen molar-refractivity contribution in [2.45, 2.75) is 6.92 Å². The molecule has 0 saturated heterocycles. The van der Waals surface area contributed by atoms with Crippen LogP contribution in [0, 0.1) is 6.92 Å². The summed E-state index contributed by atoms with van der Waals surface area (Å²) in [5.41, 5.74) is 12.7. The van der Waals surface area contributed by atoms with Gasteiger partial charge in [-0.2, -0.15) is 0 Å². The summed E-state index contributed by atoms with van der Waals surface area (Å²) in [5, 5.41) is 0. The van der Waals surface area contributed by atoms with E-state index in [1.54, 1.807) is 0 Å². The zero-order chi connectivity index (χ0) is 33.3. The van der Waals surface area contributed by atoms with Gasteiger partial charge in [-0.1, -0.05) is 145 Å². The van der Waals surface area contributed by atoms with Gasteiger partial charge < -0.3 is 9.80 Å². The van der Waals surface area contributed by atoms with Gasteiger partial charge in [0.05, 0.1) is 0 Å². The summed E-state index contributed by atoms with van der Waals surface area (Å²) in [7, 11) is 0. The van der Waals surface area contributed by atoms with Crippen LogP contribution in [0.1, 0.15) is 16.7 Å². The van der Waals surface area contributed by atoms with Crippen LogP contribution < -0.4 is 9.80 Å². The second-order valence-electron chi connectivity index (χ2n) is 12.0. The van der Waals surface area contributed by atoms with Crippen LogP contribution in [0.4, 0.5) is 34.1 Å². The molecule has 2 heteroatoms. The Bertz CT molecular complexity index is 2110. The molecule has 2 nitrogen and oxygen atoms in total. The van der Waals surface area contributed by atoms with Crippen molar-refractivity contribution in [1.29, 1.82) is 0 Å². The van der Waals surface area contributed by atoms with Crippen LogP contribution in [0.5, 0.6) is 0 Å². The van der Waals surface area contributed by atoms with Crippen molar-refractivity contribution in [2.75, 3.05) is 9.80 Å². The number of benzene rings is 7. The summed E-state index contributed by atoms with van der Waals surface area (Å²) >= 11 is 0. The van der Waals surface area contributed by atoms with Crippen molar-refractivity contribution in [3.8, 4) is 11.1 Å². The summed E-state index contributed by atoms with van der Waals surface area (Å²) in [6, 6.07) is 66.5. The monoisotopic (exact) mass is 630 g/mol. The molecule has 49 heavy (non-hydrogen) atoms. The van der Waals surface area contributed by atoms with Crippen LogP contribution >= 0.6 is 0 Å². The topological polar surface area (TPSA) is 6.48 Å². The molecule has 0 amide bonds. The highest BCUT2D eigenvalue weighted by molar-refractivity contribution is 5.81. The summed E-state index contributed by atoms with van der Waals surface area (Å²) in [5.74, 6) is 0. The molecule has 0 spiro atoms. The van der Waals surface area contributed by atoms with E-state index >= 15 is 0 Å². The van der Waals surface area contributed by atoms with Crippen molar-refractivity contribution in [3.63, 3.8) is 0 Å². The average molecular weight is 631 g/mol. The Morgan fingerprint density at radius 2 is 0.612 bits per heavy atom. The molecular weight excluding hydrogens is 593 g/mol. The maximum absolute atomic E-state index is 2.30. The van der Waals surface area contributed by atoms with Gasteiger partial charge >= 0.3 is 0 Å². The van der Waals surface area contributed by atoms with Gasteiger partial charge in [-0.05, 0) is 102 Å². The normalized spacial score (nSPS) is 11.2. The highest BCUT2D eigenvalue weighted by atomic mass is 15.1. The van der Waals surface area contributed by atoms with Gasteiger partial charge in [0, 0.05) is 34.1 Å². The lowest BCUT2D eigenvalue weighted by atomic mass is 10.0. The van der Waals surface area contributed by atoms with E-state index < -0.39 is 0 Å². The van der Waals surface area contributed by atoms with Gasteiger partial charge in [-0.3, -0.25) is 0 Å². The van der Waals surface area contributed by atoms with Crippen LogP contribution in [0.3, 0.4) is 0 Å². The Kier molecular flexibility index (Phi) is 9.57. The van der Waals surface area contributed by atoms with Crippen LogP contribution in [-0.4, -0.2) is 0 Å². The third kappa shape index (κ3) is 7.62. The minimum Gasteiger partial charge on any atom is -0.311 e. The van der Waals surface area contributed by atoms with E-state index in [-0.39, 0.29) is 0 Å². The predicted molar refractivity (Wildman–Crippen MR) is 210 cm³/mol. The Morgan fingerprint density at radius 1 is 0.306 bits per heavy atom. The largest absolute Gasteiger partial charge is 0.311 e. The number of aryl methyl sites for hydroxylation is 1. The molecule has 236 valence electrons. The first-order chi connectivity index (χ1) is 24.2. The van der Waals surface area contributed by atoms with Gasteiger partial charge in [0.15, 0.2) is 0 Å². The summed E-state index contributed by atoms with van der Waals surface area (Å²) in [6.45, 7) is 2.12. The predicted octanol–water partition coefficient (Wildman–Crippen LogP) is 13.3.